The average Bonchev–Trinajstić information content (AvgIpc) is 2.44. The number of nitrogens with one attached hydrogen (secondary N) is 1. The number of rotatable bonds is 5. The molecule has 0 aliphatic rings. The summed E-state index contributed by atoms with van der Waals surface area (Å²) < 4.78 is 26.9. The van der Waals surface area contributed by atoms with Gasteiger partial charge in [0.2, 0.25) is 10.0 Å². The lowest BCUT2D eigenvalue weighted by atomic mass is 10.1. The first-order valence-corrected chi connectivity index (χ1v) is 8.30. The molecule has 0 spiro atoms. The Morgan fingerprint density at radius 1 is 1.19 bits per heavy atom. The minimum atomic E-state index is -3.43. The van der Waals surface area contributed by atoms with Crippen molar-refractivity contribution in [1.29, 1.82) is 0 Å². The first-order valence-electron chi connectivity index (χ1n) is 6.64. The summed E-state index contributed by atoms with van der Waals surface area (Å²) in [7, 11) is -3.43. The quantitative estimate of drug-likeness (QED) is 0.830. The largest absolute Gasteiger partial charge is 0.398 e. The maximum absolute atomic E-state index is 12.1. The van der Waals surface area contributed by atoms with Gasteiger partial charge in [-0.3, -0.25) is 9.71 Å². The highest BCUT2D eigenvalue weighted by atomic mass is 32.2. The standard InChI is InChI=1S/C15H19N3O2S/c1-11-9-12(2)15(10-14(11)16)18-21(19,20)8-6-13-5-3-4-7-17-13/h3-5,7,9-10,18H,6,8,16H2,1-2H3. The number of sulfonamides is 1. The van der Waals surface area contributed by atoms with Gasteiger partial charge in [0, 0.05) is 24.0 Å². The van der Waals surface area contributed by atoms with Crippen LogP contribution in [-0.2, 0) is 16.4 Å². The molecule has 0 unspecified atom stereocenters. The van der Waals surface area contributed by atoms with E-state index in [-0.39, 0.29) is 5.75 Å². The van der Waals surface area contributed by atoms with Gasteiger partial charge in [0.05, 0.1) is 11.4 Å². The lowest BCUT2D eigenvalue weighted by Gasteiger charge is -2.12. The van der Waals surface area contributed by atoms with Gasteiger partial charge in [0.1, 0.15) is 0 Å². The number of nitrogens with zero attached hydrogens (tertiary/aromatic N) is 1. The van der Waals surface area contributed by atoms with Crippen LogP contribution in [0.15, 0.2) is 36.5 Å². The zero-order valence-corrected chi connectivity index (χ0v) is 12.9. The molecule has 0 radical (unpaired) electrons. The van der Waals surface area contributed by atoms with Crippen LogP contribution in [0.25, 0.3) is 0 Å². The van der Waals surface area contributed by atoms with Crippen molar-refractivity contribution in [2.24, 2.45) is 0 Å². The maximum atomic E-state index is 12.1. The number of anilines is 2. The molecule has 0 saturated heterocycles. The second kappa shape index (κ2) is 6.13. The fraction of sp³-hybridized carbons (Fsp3) is 0.267. The van der Waals surface area contributed by atoms with Gasteiger partial charge in [-0.05, 0) is 43.2 Å². The Bertz CT molecular complexity index is 728. The fourth-order valence-electron chi connectivity index (χ4n) is 1.98. The van der Waals surface area contributed by atoms with Crippen molar-refractivity contribution >= 4 is 21.4 Å². The molecule has 0 aliphatic heterocycles. The van der Waals surface area contributed by atoms with Gasteiger partial charge < -0.3 is 5.73 Å². The molecule has 5 nitrogen and oxygen atoms in total. The number of pyridine rings is 1. The third-order valence-electron chi connectivity index (χ3n) is 3.23. The van der Waals surface area contributed by atoms with E-state index >= 15 is 0 Å². The van der Waals surface area contributed by atoms with E-state index in [2.05, 4.69) is 9.71 Å². The molecule has 1 heterocycles. The van der Waals surface area contributed by atoms with E-state index < -0.39 is 10.0 Å². The summed E-state index contributed by atoms with van der Waals surface area (Å²) in [6.45, 7) is 3.74. The summed E-state index contributed by atoms with van der Waals surface area (Å²) in [4.78, 5) is 4.12. The molecule has 0 amide bonds. The Morgan fingerprint density at radius 3 is 2.62 bits per heavy atom. The average molecular weight is 305 g/mol. The molecular weight excluding hydrogens is 286 g/mol. The molecule has 2 aromatic rings. The van der Waals surface area contributed by atoms with E-state index in [4.69, 9.17) is 5.73 Å². The molecular formula is C15H19N3O2S. The highest BCUT2D eigenvalue weighted by molar-refractivity contribution is 7.92. The summed E-state index contributed by atoms with van der Waals surface area (Å²) in [5.41, 5.74) is 9.46. The van der Waals surface area contributed by atoms with Crippen molar-refractivity contribution in [2.75, 3.05) is 16.2 Å². The van der Waals surface area contributed by atoms with Crippen LogP contribution < -0.4 is 10.5 Å². The Kier molecular flexibility index (Phi) is 4.47. The molecule has 112 valence electrons. The van der Waals surface area contributed by atoms with Crippen molar-refractivity contribution in [3.8, 4) is 0 Å². The smallest absolute Gasteiger partial charge is 0.233 e. The Labute approximate surface area is 125 Å². The van der Waals surface area contributed by atoms with Crippen LogP contribution in [0.2, 0.25) is 0 Å². The van der Waals surface area contributed by atoms with Crippen LogP contribution in [0.5, 0.6) is 0 Å². The van der Waals surface area contributed by atoms with Gasteiger partial charge >= 0.3 is 0 Å². The number of benzene rings is 1. The van der Waals surface area contributed by atoms with Gasteiger partial charge in [-0.15, -0.1) is 0 Å². The van der Waals surface area contributed by atoms with Crippen LogP contribution in [0.4, 0.5) is 11.4 Å². The van der Waals surface area contributed by atoms with Crippen molar-refractivity contribution in [3.63, 3.8) is 0 Å². The zero-order valence-electron chi connectivity index (χ0n) is 12.1. The second-order valence-electron chi connectivity index (χ2n) is 5.02. The molecule has 0 aliphatic carbocycles. The van der Waals surface area contributed by atoms with Crippen molar-refractivity contribution in [2.45, 2.75) is 20.3 Å². The molecule has 21 heavy (non-hydrogen) atoms. The third-order valence-corrected chi connectivity index (χ3v) is 4.50. The van der Waals surface area contributed by atoms with E-state index in [1.807, 2.05) is 32.0 Å². The van der Waals surface area contributed by atoms with Gasteiger partial charge in [-0.1, -0.05) is 12.1 Å². The van der Waals surface area contributed by atoms with E-state index in [0.717, 1.165) is 16.8 Å². The molecule has 0 fully saturated rings. The lowest BCUT2D eigenvalue weighted by Crippen LogP contribution is -2.19. The predicted molar refractivity (Wildman–Crippen MR) is 85.7 cm³/mol. The predicted octanol–water partition coefficient (Wildman–Crippen LogP) is 2.27. The molecule has 6 heteroatoms. The first-order chi connectivity index (χ1) is 9.87. The van der Waals surface area contributed by atoms with Crippen LogP contribution in [0.3, 0.4) is 0 Å². The summed E-state index contributed by atoms with van der Waals surface area (Å²) >= 11 is 0. The Morgan fingerprint density at radius 2 is 1.95 bits per heavy atom. The number of nitrogen functional groups attached to an aromatic ring is 1. The van der Waals surface area contributed by atoms with E-state index in [1.54, 1.807) is 18.3 Å². The molecule has 1 aromatic heterocycles. The SMILES string of the molecule is Cc1cc(C)c(NS(=O)(=O)CCc2ccccn2)cc1N. The number of hydrogen-bond donors (Lipinski definition) is 2. The highest BCUT2D eigenvalue weighted by Crippen LogP contribution is 2.23. The zero-order chi connectivity index (χ0) is 15.5. The minimum absolute atomic E-state index is 0.0166. The summed E-state index contributed by atoms with van der Waals surface area (Å²) in [5.74, 6) is -0.0166. The number of aryl methyl sites for hydroxylation is 3. The van der Waals surface area contributed by atoms with E-state index in [1.165, 1.54) is 0 Å². The molecule has 3 N–H and O–H groups in total. The van der Waals surface area contributed by atoms with Crippen LogP contribution in [-0.4, -0.2) is 19.2 Å². The minimum Gasteiger partial charge on any atom is -0.398 e. The fourth-order valence-corrected chi connectivity index (χ4v) is 3.12. The van der Waals surface area contributed by atoms with E-state index in [0.29, 0.717) is 17.8 Å². The van der Waals surface area contributed by atoms with Gasteiger partial charge in [-0.2, -0.15) is 0 Å². The summed E-state index contributed by atoms with van der Waals surface area (Å²) in [6, 6.07) is 8.97. The molecule has 0 bridgehead atoms. The lowest BCUT2D eigenvalue weighted by molar-refractivity contribution is 0.600. The van der Waals surface area contributed by atoms with Crippen LogP contribution in [0, 0.1) is 13.8 Å². The molecule has 1 aromatic carbocycles. The Hall–Kier alpha value is -2.08. The number of hydrogen-bond acceptors (Lipinski definition) is 4. The first kappa shape index (κ1) is 15.3. The molecule has 0 atom stereocenters. The van der Waals surface area contributed by atoms with Crippen molar-refractivity contribution in [3.05, 3.63) is 53.3 Å². The monoisotopic (exact) mass is 305 g/mol. The maximum Gasteiger partial charge on any atom is 0.233 e. The van der Waals surface area contributed by atoms with Crippen molar-refractivity contribution < 1.29 is 8.42 Å². The van der Waals surface area contributed by atoms with Gasteiger partial charge in [-0.25, -0.2) is 8.42 Å². The van der Waals surface area contributed by atoms with Crippen LogP contribution >= 0.6 is 0 Å². The molecule has 2 rings (SSSR count). The summed E-state index contributed by atoms with van der Waals surface area (Å²) in [6.07, 6.45) is 2.02. The number of aromatic nitrogens is 1. The summed E-state index contributed by atoms with van der Waals surface area (Å²) in [5, 5.41) is 0. The Balaban J connectivity index is 2.09. The van der Waals surface area contributed by atoms with Gasteiger partial charge in [0.25, 0.3) is 0 Å². The molecule has 0 saturated carbocycles. The van der Waals surface area contributed by atoms with Gasteiger partial charge in [0.15, 0.2) is 0 Å². The highest BCUT2D eigenvalue weighted by Gasteiger charge is 2.13. The van der Waals surface area contributed by atoms with Crippen molar-refractivity contribution in [1.82, 2.24) is 4.98 Å². The van der Waals surface area contributed by atoms with E-state index in [9.17, 15) is 8.42 Å². The second-order valence-corrected chi connectivity index (χ2v) is 6.86. The van der Waals surface area contributed by atoms with Crippen LogP contribution in [0.1, 0.15) is 16.8 Å². The normalized spacial score (nSPS) is 11.3. The topological polar surface area (TPSA) is 85.1 Å². The number of nitrogens with two attached hydrogens (primary N) is 1. The third kappa shape index (κ3) is 4.19.